The zero-order valence-electron chi connectivity index (χ0n) is 12.0. The number of hydrogen-bond donors (Lipinski definition) is 1. The number of hydrogen-bond acceptors (Lipinski definition) is 6. The quantitative estimate of drug-likeness (QED) is 0.887. The standard InChI is InChI=1S/C14H16N2O4S/c1-18-7-13(17)16-14-15-10(8-21-14)9-4-5-11(19-2)12(6-9)20-3/h4-6,8H,7H2,1-3H3,(H,15,16,17). The number of nitrogens with one attached hydrogen (secondary N) is 1. The van der Waals surface area contributed by atoms with Crippen LogP contribution in [0.4, 0.5) is 5.13 Å². The largest absolute Gasteiger partial charge is 0.493 e. The van der Waals surface area contributed by atoms with Gasteiger partial charge in [-0.2, -0.15) is 0 Å². The molecule has 6 nitrogen and oxygen atoms in total. The van der Waals surface area contributed by atoms with Gasteiger partial charge in [-0.3, -0.25) is 10.1 Å². The molecule has 0 unspecified atom stereocenters. The fourth-order valence-corrected chi connectivity index (χ4v) is 2.48. The summed E-state index contributed by atoms with van der Waals surface area (Å²) in [6, 6.07) is 5.54. The summed E-state index contributed by atoms with van der Waals surface area (Å²) >= 11 is 1.35. The lowest BCUT2D eigenvalue weighted by molar-refractivity contribution is -0.119. The van der Waals surface area contributed by atoms with Crippen molar-refractivity contribution in [1.29, 1.82) is 0 Å². The van der Waals surface area contributed by atoms with Crippen LogP contribution in [0.2, 0.25) is 0 Å². The number of anilines is 1. The number of ether oxygens (including phenoxy) is 3. The minimum atomic E-state index is -0.231. The second kappa shape index (κ2) is 7.05. The number of thiazole rings is 1. The Balaban J connectivity index is 2.19. The molecule has 0 radical (unpaired) electrons. The molecule has 2 rings (SSSR count). The summed E-state index contributed by atoms with van der Waals surface area (Å²) in [7, 11) is 4.64. The Morgan fingerprint density at radius 1 is 1.24 bits per heavy atom. The van der Waals surface area contributed by atoms with E-state index in [1.807, 2.05) is 23.6 Å². The Bertz CT molecular complexity index is 627. The highest BCUT2D eigenvalue weighted by Gasteiger charge is 2.10. The molecule has 1 N–H and O–H groups in total. The van der Waals surface area contributed by atoms with Gasteiger partial charge in [-0.1, -0.05) is 0 Å². The van der Waals surface area contributed by atoms with Crippen molar-refractivity contribution in [2.45, 2.75) is 0 Å². The predicted octanol–water partition coefficient (Wildman–Crippen LogP) is 2.41. The highest BCUT2D eigenvalue weighted by molar-refractivity contribution is 7.14. The van der Waals surface area contributed by atoms with Gasteiger partial charge in [-0.15, -0.1) is 11.3 Å². The van der Waals surface area contributed by atoms with E-state index in [0.29, 0.717) is 16.6 Å². The van der Waals surface area contributed by atoms with Gasteiger partial charge in [0.05, 0.1) is 19.9 Å². The first-order valence-corrected chi connectivity index (χ1v) is 7.02. The number of nitrogens with zero attached hydrogens (tertiary/aromatic N) is 1. The number of rotatable bonds is 6. The SMILES string of the molecule is COCC(=O)Nc1nc(-c2ccc(OC)c(OC)c2)cs1. The maximum absolute atomic E-state index is 11.4. The van der Waals surface area contributed by atoms with E-state index >= 15 is 0 Å². The Morgan fingerprint density at radius 2 is 2.00 bits per heavy atom. The van der Waals surface area contributed by atoms with Crippen molar-refractivity contribution in [2.24, 2.45) is 0 Å². The highest BCUT2D eigenvalue weighted by Crippen LogP contribution is 2.33. The normalized spacial score (nSPS) is 10.2. The number of carbonyl (C=O) groups excluding carboxylic acids is 1. The van der Waals surface area contributed by atoms with Gasteiger partial charge in [0.25, 0.3) is 5.91 Å². The van der Waals surface area contributed by atoms with Gasteiger partial charge in [-0.05, 0) is 18.2 Å². The molecule has 0 fully saturated rings. The third-order valence-electron chi connectivity index (χ3n) is 2.71. The van der Waals surface area contributed by atoms with Crippen LogP contribution in [0.15, 0.2) is 23.6 Å². The van der Waals surface area contributed by atoms with Crippen LogP contribution in [0, 0.1) is 0 Å². The predicted molar refractivity (Wildman–Crippen MR) is 81.2 cm³/mol. The summed E-state index contributed by atoms with van der Waals surface area (Å²) in [5.74, 6) is 1.06. The molecule has 0 bridgehead atoms. The molecular formula is C14H16N2O4S. The van der Waals surface area contributed by atoms with Gasteiger partial charge in [-0.25, -0.2) is 4.98 Å². The van der Waals surface area contributed by atoms with Gasteiger partial charge in [0.1, 0.15) is 6.61 Å². The smallest absolute Gasteiger partial charge is 0.252 e. The summed E-state index contributed by atoms with van der Waals surface area (Å²) in [6.07, 6.45) is 0. The molecule has 0 aliphatic carbocycles. The molecule has 7 heteroatoms. The number of carbonyl (C=O) groups is 1. The number of amides is 1. The molecule has 0 spiro atoms. The Labute approximate surface area is 126 Å². The number of aromatic nitrogens is 1. The van der Waals surface area contributed by atoms with Crippen LogP contribution >= 0.6 is 11.3 Å². The average molecular weight is 308 g/mol. The molecule has 0 aliphatic rings. The van der Waals surface area contributed by atoms with E-state index in [0.717, 1.165) is 11.3 Å². The first kappa shape index (κ1) is 15.3. The Hall–Kier alpha value is -2.12. The Morgan fingerprint density at radius 3 is 2.67 bits per heavy atom. The lowest BCUT2D eigenvalue weighted by atomic mass is 10.1. The maximum Gasteiger partial charge on any atom is 0.252 e. The van der Waals surface area contributed by atoms with E-state index in [4.69, 9.17) is 14.2 Å². The molecule has 112 valence electrons. The monoisotopic (exact) mass is 308 g/mol. The third-order valence-corrected chi connectivity index (χ3v) is 3.46. The first-order valence-electron chi connectivity index (χ1n) is 6.14. The molecule has 0 saturated heterocycles. The van der Waals surface area contributed by atoms with Crippen molar-refractivity contribution in [2.75, 3.05) is 33.3 Å². The molecule has 1 aromatic heterocycles. The Kier molecular flexibility index (Phi) is 5.13. The molecule has 2 aromatic rings. The van der Waals surface area contributed by atoms with Crippen LogP contribution in [0.25, 0.3) is 11.3 Å². The summed E-state index contributed by atoms with van der Waals surface area (Å²) < 4.78 is 15.2. The minimum Gasteiger partial charge on any atom is -0.493 e. The molecule has 21 heavy (non-hydrogen) atoms. The molecule has 0 aliphatic heterocycles. The van der Waals surface area contributed by atoms with Crippen LogP contribution in [-0.2, 0) is 9.53 Å². The van der Waals surface area contributed by atoms with E-state index in [2.05, 4.69) is 10.3 Å². The lowest BCUT2D eigenvalue weighted by Crippen LogP contribution is -2.16. The summed E-state index contributed by atoms with van der Waals surface area (Å²) in [4.78, 5) is 15.8. The molecule has 0 atom stereocenters. The first-order chi connectivity index (χ1) is 10.2. The summed E-state index contributed by atoms with van der Waals surface area (Å²) in [6.45, 7) is 0.00523. The second-order valence-corrected chi connectivity index (χ2v) is 4.95. The molecule has 0 saturated carbocycles. The fourth-order valence-electron chi connectivity index (χ4n) is 1.75. The zero-order chi connectivity index (χ0) is 15.2. The third kappa shape index (κ3) is 3.71. The molecule has 1 aromatic carbocycles. The second-order valence-electron chi connectivity index (χ2n) is 4.09. The van der Waals surface area contributed by atoms with Crippen molar-refractivity contribution in [3.63, 3.8) is 0 Å². The van der Waals surface area contributed by atoms with Crippen LogP contribution in [-0.4, -0.2) is 38.8 Å². The number of methoxy groups -OCH3 is 3. The topological polar surface area (TPSA) is 69.7 Å². The van der Waals surface area contributed by atoms with Gasteiger partial charge < -0.3 is 14.2 Å². The molecule has 1 heterocycles. The van der Waals surface area contributed by atoms with E-state index in [1.54, 1.807) is 14.2 Å². The van der Waals surface area contributed by atoms with E-state index in [9.17, 15) is 4.79 Å². The van der Waals surface area contributed by atoms with Crippen LogP contribution in [0.3, 0.4) is 0 Å². The van der Waals surface area contributed by atoms with Crippen LogP contribution in [0.1, 0.15) is 0 Å². The van der Waals surface area contributed by atoms with Crippen molar-refractivity contribution >= 4 is 22.4 Å². The van der Waals surface area contributed by atoms with Gasteiger partial charge in [0.2, 0.25) is 0 Å². The zero-order valence-corrected chi connectivity index (χ0v) is 12.8. The van der Waals surface area contributed by atoms with Crippen molar-refractivity contribution in [1.82, 2.24) is 4.98 Å². The van der Waals surface area contributed by atoms with Gasteiger partial charge >= 0.3 is 0 Å². The van der Waals surface area contributed by atoms with E-state index in [1.165, 1.54) is 18.4 Å². The average Bonchev–Trinajstić information content (AvgIpc) is 2.95. The minimum absolute atomic E-state index is 0.00523. The van der Waals surface area contributed by atoms with E-state index < -0.39 is 0 Å². The lowest BCUT2D eigenvalue weighted by Gasteiger charge is -2.08. The summed E-state index contributed by atoms with van der Waals surface area (Å²) in [5, 5.41) is 5.07. The highest BCUT2D eigenvalue weighted by atomic mass is 32.1. The summed E-state index contributed by atoms with van der Waals surface area (Å²) in [5.41, 5.74) is 1.64. The fraction of sp³-hybridized carbons (Fsp3) is 0.286. The molecular weight excluding hydrogens is 292 g/mol. The van der Waals surface area contributed by atoms with Gasteiger partial charge in [0.15, 0.2) is 16.6 Å². The van der Waals surface area contributed by atoms with Crippen molar-refractivity contribution in [3.8, 4) is 22.8 Å². The maximum atomic E-state index is 11.4. The van der Waals surface area contributed by atoms with Crippen LogP contribution in [0.5, 0.6) is 11.5 Å². The van der Waals surface area contributed by atoms with Crippen molar-refractivity contribution in [3.05, 3.63) is 23.6 Å². The molecule has 1 amide bonds. The number of benzene rings is 1. The van der Waals surface area contributed by atoms with Crippen molar-refractivity contribution < 1.29 is 19.0 Å². The van der Waals surface area contributed by atoms with Gasteiger partial charge in [0, 0.05) is 18.1 Å². The van der Waals surface area contributed by atoms with E-state index in [-0.39, 0.29) is 12.5 Å². The van der Waals surface area contributed by atoms with Crippen LogP contribution < -0.4 is 14.8 Å².